The van der Waals surface area contributed by atoms with E-state index in [-0.39, 0.29) is 11.9 Å². The molecule has 1 N–H and O–H groups in total. The van der Waals surface area contributed by atoms with Crippen molar-refractivity contribution >= 4 is 5.91 Å². The van der Waals surface area contributed by atoms with Crippen molar-refractivity contribution in [1.29, 1.82) is 5.26 Å². The van der Waals surface area contributed by atoms with E-state index in [0.717, 1.165) is 19.4 Å². The summed E-state index contributed by atoms with van der Waals surface area (Å²) in [6.45, 7) is 2.32. The first-order chi connectivity index (χ1) is 9.76. The average molecular weight is 269 g/mol. The zero-order valence-corrected chi connectivity index (χ0v) is 11.5. The second-order valence-electron chi connectivity index (χ2n) is 5.72. The van der Waals surface area contributed by atoms with Gasteiger partial charge in [0, 0.05) is 24.2 Å². The fraction of sp³-hybridized carbons (Fsp3) is 0.500. The number of carbonyl (C=O) groups excluding carboxylic acids is 1. The van der Waals surface area contributed by atoms with Gasteiger partial charge in [-0.25, -0.2) is 0 Å². The van der Waals surface area contributed by atoms with Gasteiger partial charge in [-0.2, -0.15) is 5.26 Å². The summed E-state index contributed by atoms with van der Waals surface area (Å²) in [7, 11) is 0. The quantitative estimate of drug-likeness (QED) is 0.892. The van der Waals surface area contributed by atoms with Crippen molar-refractivity contribution in [3.8, 4) is 6.07 Å². The maximum absolute atomic E-state index is 12.2. The van der Waals surface area contributed by atoms with Gasteiger partial charge in [0.2, 0.25) is 0 Å². The topological polar surface area (TPSA) is 56.1 Å². The van der Waals surface area contributed by atoms with Crippen molar-refractivity contribution in [1.82, 2.24) is 10.2 Å². The Kier molecular flexibility index (Phi) is 3.70. The number of carbonyl (C=O) groups is 1. The standard InChI is InChI=1S/C16H19N3O/c17-11-12-3-5-13(6-4-12)16(20)18-14-7-9-19-8-1-2-15(19)10-14/h3-6,14-15H,1-2,7-10H2,(H,18,20). The molecule has 2 aliphatic heterocycles. The smallest absolute Gasteiger partial charge is 0.251 e. The maximum atomic E-state index is 12.2. The number of nitrogens with one attached hydrogen (secondary N) is 1. The van der Waals surface area contributed by atoms with E-state index < -0.39 is 0 Å². The minimum Gasteiger partial charge on any atom is -0.349 e. The van der Waals surface area contributed by atoms with Crippen molar-refractivity contribution in [2.75, 3.05) is 13.1 Å². The number of fused-ring (bicyclic) bond motifs is 1. The molecule has 2 saturated heterocycles. The van der Waals surface area contributed by atoms with Crippen molar-refractivity contribution < 1.29 is 4.79 Å². The van der Waals surface area contributed by atoms with Crippen LogP contribution in [0.3, 0.4) is 0 Å². The van der Waals surface area contributed by atoms with Gasteiger partial charge in [-0.05, 0) is 56.5 Å². The number of rotatable bonds is 2. The van der Waals surface area contributed by atoms with E-state index in [1.807, 2.05) is 0 Å². The fourth-order valence-electron chi connectivity index (χ4n) is 3.32. The van der Waals surface area contributed by atoms with Crippen LogP contribution in [-0.4, -0.2) is 36.0 Å². The number of amides is 1. The molecule has 0 aliphatic carbocycles. The number of hydrogen-bond donors (Lipinski definition) is 1. The summed E-state index contributed by atoms with van der Waals surface area (Å²) in [6, 6.07) is 9.83. The predicted octanol–water partition coefficient (Wildman–Crippen LogP) is 1.91. The maximum Gasteiger partial charge on any atom is 0.251 e. The lowest BCUT2D eigenvalue weighted by Gasteiger charge is -2.35. The monoisotopic (exact) mass is 269 g/mol. The number of piperidine rings is 1. The van der Waals surface area contributed by atoms with Gasteiger partial charge in [0.1, 0.15) is 0 Å². The van der Waals surface area contributed by atoms with Gasteiger partial charge in [0.25, 0.3) is 5.91 Å². The van der Waals surface area contributed by atoms with E-state index in [0.29, 0.717) is 17.2 Å². The number of nitrogens with zero attached hydrogens (tertiary/aromatic N) is 2. The SMILES string of the molecule is N#Cc1ccc(C(=O)NC2CCN3CCCC3C2)cc1. The van der Waals surface area contributed by atoms with Crippen LogP contribution in [0.5, 0.6) is 0 Å². The van der Waals surface area contributed by atoms with Crippen LogP contribution in [0.2, 0.25) is 0 Å². The molecule has 20 heavy (non-hydrogen) atoms. The minimum absolute atomic E-state index is 0.0223. The first kappa shape index (κ1) is 13.1. The molecule has 2 heterocycles. The van der Waals surface area contributed by atoms with E-state index in [4.69, 9.17) is 5.26 Å². The second-order valence-corrected chi connectivity index (χ2v) is 5.72. The second kappa shape index (κ2) is 5.64. The summed E-state index contributed by atoms with van der Waals surface area (Å²) in [5.74, 6) is -0.0223. The first-order valence-corrected chi connectivity index (χ1v) is 7.31. The van der Waals surface area contributed by atoms with Gasteiger partial charge in [0.05, 0.1) is 11.6 Å². The highest BCUT2D eigenvalue weighted by Gasteiger charge is 2.32. The van der Waals surface area contributed by atoms with E-state index in [1.54, 1.807) is 24.3 Å². The summed E-state index contributed by atoms with van der Waals surface area (Å²) in [6.07, 6.45) is 4.67. The Hall–Kier alpha value is -1.86. The van der Waals surface area contributed by atoms with Gasteiger partial charge < -0.3 is 10.2 Å². The van der Waals surface area contributed by atoms with E-state index in [9.17, 15) is 4.79 Å². The Balaban J connectivity index is 1.59. The molecule has 1 aromatic carbocycles. The Morgan fingerprint density at radius 2 is 2.05 bits per heavy atom. The molecule has 0 aromatic heterocycles. The van der Waals surface area contributed by atoms with Gasteiger partial charge in [-0.1, -0.05) is 0 Å². The van der Waals surface area contributed by atoms with Crippen molar-refractivity contribution in [2.24, 2.45) is 0 Å². The lowest BCUT2D eigenvalue weighted by molar-refractivity contribution is 0.0896. The molecule has 0 bridgehead atoms. The zero-order valence-electron chi connectivity index (χ0n) is 11.5. The molecular weight excluding hydrogens is 250 g/mol. The highest BCUT2D eigenvalue weighted by molar-refractivity contribution is 5.94. The largest absolute Gasteiger partial charge is 0.349 e. The Morgan fingerprint density at radius 3 is 2.80 bits per heavy atom. The summed E-state index contributed by atoms with van der Waals surface area (Å²) in [5.41, 5.74) is 1.22. The van der Waals surface area contributed by atoms with Crippen LogP contribution in [0.25, 0.3) is 0 Å². The van der Waals surface area contributed by atoms with Gasteiger partial charge in [-0.3, -0.25) is 4.79 Å². The van der Waals surface area contributed by atoms with Crippen LogP contribution in [0.15, 0.2) is 24.3 Å². The molecule has 0 spiro atoms. The Bertz CT molecular complexity index is 532. The minimum atomic E-state index is -0.0223. The highest BCUT2D eigenvalue weighted by Crippen LogP contribution is 2.26. The summed E-state index contributed by atoms with van der Waals surface area (Å²) < 4.78 is 0. The van der Waals surface area contributed by atoms with E-state index >= 15 is 0 Å². The van der Waals surface area contributed by atoms with Crippen LogP contribution >= 0.6 is 0 Å². The molecule has 3 rings (SSSR count). The number of benzene rings is 1. The van der Waals surface area contributed by atoms with Crippen molar-refractivity contribution in [3.63, 3.8) is 0 Å². The molecule has 104 valence electrons. The van der Waals surface area contributed by atoms with E-state index in [1.165, 1.54) is 19.4 Å². The third-order valence-electron chi connectivity index (χ3n) is 4.43. The summed E-state index contributed by atoms with van der Waals surface area (Å²) >= 11 is 0. The van der Waals surface area contributed by atoms with Crippen LogP contribution in [0.4, 0.5) is 0 Å². The van der Waals surface area contributed by atoms with Crippen LogP contribution in [0.1, 0.15) is 41.6 Å². The van der Waals surface area contributed by atoms with Crippen molar-refractivity contribution in [2.45, 2.75) is 37.8 Å². The highest BCUT2D eigenvalue weighted by atomic mass is 16.1. The van der Waals surface area contributed by atoms with E-state index in [2.05, 4.69) is 16.3 Å². The molecule has 2 atom stereocenters. The molecule has 2 fully saturated rings. The molecule has 2 aliphatic rings. The average Bonchev–Trinajstić information content (AvgIpc) is 2.95. The van der Waals surface area contributed by atoms with Gasteiger partial charge >= 0.3 is 0 Å². The molecule has 2 unspecified atom stereocenters. The molecule has 0 saturated carbocycles. The van der Waals surface area contributed by atoms with Crippen LogP contribution < -0.4 is 5.32 Å². The first-order valence-electron chi connectivity index (χ1n) is 7.31. The third-order valence-corrected chi connectivity index (χ3v) is 4.43. The van der Waals surface area contributed by atoms with Crippen molar-refractivity contribution in [3.05, 3.63) is 35.4 Å². The Labute approximate surface area is 119 Å². The molecule has 0 radical (unpaired) electrons. The molecule has 4 nitrogen and oxygen atoms in total. The molecule has 1 aromatic rings. The fourth-order valence-corrected chi connectivity index (χ4v) is 3.32. The van der Waals surface area contributed by atoms with Gasteiger partial charge in [0.15, 0.2) is 0 Å². The summed E-state index contributed by atoms with van der Waals surface area (Å²) in [4.78, 5) is 14.7. The molecular formula is C16H19N3O. The van der Waals surface area contributed by atoms with Crippen LogP contribution in [0, 0.1) is 11.3 Å². The van der Waals surface area contributed by atoms with Gasteiger partial charge in [-0.15, -0.1) is 0 Å². The summed E-state index contributed by atoms with van der Waals surface area (Å²) in [5, 5.41) is 11.9. The third kappa shape index (κ3) is 2.68. The number of nitriles is 1. The lowest BCUT2D eigenvalue weighted by Crippen LogP contribution is -2.47. The number of hydrogen-bond acceptors (Lipinski definition) is 3. The Morgan fingerprint density at radius 1 is 1.25 bits per heavy atom. The predicted molar refractivity (Wildman–Crippen MR) is 76.2 cm³/mol. The normalized spacial score (nSPS) is 25.8. The molecule has 4 heteroatoms. The van der Waals surface area contributed by atoms with Crippen LogP contribution in [-0.2, 0) is 0 Å². The lowest BCUT2D eigenvalue weighted by atomic mass is 9.97. The zero-order chi connectivity index (χ0) is 13.9. The molecule has 1 amide bonds.